The highest BCUT2D eigenvalue weighted by molar-refractivity contribution is 6.33. The lowest BCUT2D eigenvalue weighted by molar-refractivity contribution is -0.0120. The fourth-order valence-corrected chi connectivity index (χ4v) is 4.47. The summed E-state index contributed by atoms with van der Waals surface area (Å²) in [7, 11) is 0. The van der Waals surface area contributed by atoms with Gasteiger partial charge in [-0.3, -0.25) is 0 Å². The zero-order chi connectivity index (χ0) is 21.8. The molecule has 1 aliphatic heterocycles. The minimum absolute atomic E-state index is 0.224. The first-order valence-electron chi connectivity index (χ1n) is 9.85. The molecule has 1 aliphatic rings. The van der Waals surface area contributed by atoms with Crippen molar-refractivity contribution < 1.29 is 14.6 Å². The van der Waals surface area contributed by atoms with Crippen LogP contribution in [-0.4, -0.2) is 51.5 Å². The molecule has 3 atom stereocenters. The number of ether oxygens (including phenoxy) is 1. The van der Waals surface area contributed by atoms with Gasteiger partial charge in [-0.2, -0.15) is 0 Å². The lowest BCUT2D eigenvalue weighted by atomic mass is 9.97. The molecule has 0 spiro atoms. The number of aromatic nitrogens is 1. The molecule has 0 unspecified atom stereocenters. The topological polar surface area (TPSA) is 80.7 Å². The number of halogens is 2. The van der Waals surface area contributed by atoms with Crippen LogP contribution in [0, 0.1) is 0 Å². The van der Waals surface area contributed by atoms with Gasteiger partial charge in [0.15, 0.2) is 0 Å². The van der Waals surface area contributed by atoms with Crippen molar-refractivity contribution in [1.82, 2.24) is 9.47 Å². The van der Waals surface area contributed by atoms with Gasteiger partial charge in [-0.1, -0.05) is 23.2 Å². The molecule has 0 bridgehead atoms. The largest absolute Gasteiger partial charge is 0.444 e. The quantitative estimate of drug-likeness (QED) is 0.569. The Balaban J connectivity index is 1.84. The minimum Gasteiger partial charge on any atom is -0.444 e. The van der Waals surface area contributed by atoms with Gasteiger partial charge in [-0.15, -0.1) is 0 Å². The first-order chi connectivity index (χ1) is 14.0. The van der Waals surface area contributed by atoms with Crippen LogP contribution in [0.2, 0.25) is 10.0 Å². The lowest BCUT2D eigenvalue weighted by Crippen LogP contribution is -2.58. The van der Waals surface area contributed by atoms with Crippen molar-refractivity contribution in [2.45, 2.75) is 44.6 Å². The SMILES string of the molecule is CC(C)(C)OC(=O)N1C[C@@H](N)[C@H](O)[C@@H](n2c3ccc(Cl)cc3c3cc(Cl)ccc32)C1. The summed E-state index contributed by atoms with van der Waals surface area (Å²) in [5.74, 6) is 0. The summed E-state index contributed by atoms with van der Waals surface area (Å²) in [6.07, 6.45) is -1.28. The summed E-state index contributed by atoms with van der Waals surface area (Å²) in [4.78, 5) is 14.3. The molecular formula is C22H25Cl2N3O3. The van der Waals surface area contributed by atoms with Crippen LogP contribution in [-0.2, 0) is 4.74 Å². The predicted octanol–water partition coefficient (Wildman–Crippen LogP) is 4.58. The van der Waals surface area contributed by atoms with Crippen molar-refractivity contribution >= 4 is 51.1 Å². The van der Waals surface area contributed by atoms with E-state index < -0.39 is 29.9 Å². The van der Waals surface area contributed by atoms with Crippen molar-refractivity contribution in [1.29, 1.82) is 0 Å². The fraction of sp³-hybridized carbons (Fsp3) is 0.409. The maximum Gasteiger partial charge on any atom is 0.410 e. The third-order valence-electron chi connectivity index (χ3n) is 5.38. The standard InChI is InChI=1S/C22H25Cl2N3O3/c1-22(2,3)30-21(29)26-10-16(25)20(28)19(11-26)27-17-6-4-12(23)8-14(17)15-9-13(24)5-7-18(15)27/h4-9,16,19-20,28H,10-11,25H2,1-3H3/t16-,19+,20+/m1/s1. The van der Waals surface area contributed by atoms with Gasteiger partial charge in [-0.05, 0) is 57.2 Å². The van der Waals surface area contributed by atoms with Crippen LogP contribution in [0.25, 0.3) is 21.8 Å². The monoisotopic (exact) mass is 449 g/mol. The van der Waals surface area contributed by atoms with Crippen LogP contribution in [0.4, 0.5) is 4.79 Å². The summed E-state index contributed by atoms with van der Waals surface area (Å²) in [5, 5.41) is 14.1. The average molecular weight is 450 g/mol. The smallest absolute Gasteiger partial charge is 0.410 e. The molecule has 4 rings (SSSR count). The van der Waals surface area contributed by atoms with Crippen LogP contribution in [0.1, 0.15) is 26.8 Å². The summed E-state index contributed by atoms with van der Waals surface area (Å²) < 4.78 is 7.56. The molecular weight excluding hydrogens is 425 g/mol. The Morgan fingerprint density at radius 3 is 2.10 bits per heavy atom. The highest BCUT2D eigenvalue weighted by Gasteiger charge is 2.39. The molecule has 0 aliphatic carbocycles. The predicted molar refractivity (Wildman–Crippen MR) is 120 cm³/mol. The number of benzene rings is 2. The maximum absolute atomic E-state index is 12.7. The Morgan fingerprint density at radius 1 is 1.07 bits per heavy atom. The molecule has 30 heavy (non-hydrogen) atoms. The summed E-state index contributed by atoms with van der Waals surface area (Å²) in [6, 6.07) is 10.1. The third-order valence-corrected chi connectivity index (χ3v) is 5.85. The van der Waals surface area contributed by atoms with E-state index in [1.54, 1.807) is 4.90 Å². The van der Waals surface area contributed by atoms with E-state index in [0.717, 1.165) is 21.8 Å². The summed E-state index contributed by atoms with van der Waals surface area (Å²) >= 11 is 12.5. The minimum atomic E-state index is -0.839. The van der Waals surface area contributed by atoms with Crippen LogP contribution in [0.3, 0.4) is 0 Å². The number of amides is 1. The molecule has 6 nitrogen and oxygen atoms in total. The van der Waals surface area contributed by atoms with Crippen molar-refractivity contribution in [3.05, 3.63) is 46.4 Å². The van der Waals surface area contributed by atoms with Gasteiger partial charge in [0.1, 0.15) is 5.60 Å². The van der Waals surface area contributed by atoms with E-state index in [1.165, 1.54) is 0 Å². The van der Waals surface area contributed by atoms with E-state index in [4.69, 9.17) is 33.7 Å². The number of carbonyl (C=O) groups is 1. The van der Waals surface area contributed by atoms with Crippen molar-refractivity contribution in [2.24, 2.45) is 5.73 Å². The zero-order valence-electron chi connectivity index (χ0n) is 17.1. The van der Waals surface area contributed by atoms with E-state index in [-0.39, 0.29) is 13.1 Å². The second kappa shape index (κ2) is 7.61. The Kier molecular flexibility index (Phi) is 5.39. The Hall–Kier alpha value is -1.99. The van der Waals surface area contributed by atoms with E-state index in [1.807, 2.05) is 61.7 Å². The first-order valence-corrected chi connectivity index (χ1v) is 10.6. The molecule has 160 valence electrons. The second-order valence-corrected chi connectivity index (χ2v) is 9.67. The Morgan fingerprint density at radius 2 is 1.60 bits per heavy atom. The number of hydrogen-bond acceptors (Lipinski definition) is 4. The van der Waals surface area contributed by atoms with E-state index in [2.05, 4.69) is 0 Å². The lowest BCUT2D eigenvalue weighted by Gasteiger charge is -2.41. The van der Waals surface area contributed by atoms with Crippen molar-refractivity contribution in [3.8, 4) is 0 Å². The number of fused-ring (bicyclic) bond motifs is 3. The number of rotatable bonds is 1. The maximum atomic E-state index is 12.7. The van der Waals surface area contributed by atoms with Crippen LogP contribution < -0.4 is 5.73 Å². The molecule has 3 N–H and O–H groups in total. The first kappa shape index (κ1) is 21.2. The molecule has 0 radical (unpaired) electrons. The third kappa shape index (κ3) is 3.85. The van der Waals surface area contributed by atoms with Crippen LogP contribution in [0.15, 0.2) is 36.4 Å². The Bertz CT molecular complexity index is 1060. The molecule has 0 saturated carbocycles. The summed E-state index contributed by atoms with van der Waals surface area (Å²) in [6.45, 7) is 5.96. The number of nitrogens with two attached hydrogens (primary N) is 1. The van der Waals surface area contributed by atoms with E-state index >= 15 is 0 Å². The van der Waals surface area contributed by atoms with Gasteiger partial charge in [-0.25, -0.2) is 4.79 Å². The van der Waals surface area contributed by atoms with Gasteiger partial charge in [0.25, 0.3) is 0 Å². The van der Waals surface area contributed by atoms with Gasteiger partial charge in [0.2, 0.25) is 0 Å². The molecule has 1 amide bonds. The van der Waals surface area contributed by atoms with Crippen molar-refractivity contribution in [2.75, 3.05) is 13.1 Å². The molecule has 8 heteroatoms. The number of piperidine rings is 1. The van der Waals surface area contributed by atoms with Crippen LogP contribution in [0.5, 0.6) is 0 Å². The van der Waals surface area contributed by atoms with E-state index in [0.29, 0.717) is 10.0 Å². The number of aliphatic hydroxyl groups is 1. The van der Waals surface area contributed by atoms with Gasteiger partial charge in [0.05, 0.1) is 18.2 Å². The average Bonchev–Trinajstić information content (AvgIpc) is 2.95. The molecule has 1 aromatic heterocycles. The van der Waals surface area contributed by atoms with Gasteiger partial charge < -0.3 is 25.0 Å². The van der Waals surface area contributed by atoms with Gasteiger partial charge in [0, 0.05) is 44.9 Å². The second-order valence-electron chi connectivity index (χ2n) is 8.80. The summed E-state index contributed by atoms with van der Waals surface area (Å²) in [5.41, 5.74) is 7.41. The van der Waals surface area contributed by atoms with Crippen LogP contribution >= 0.6 is 23.2 Å². The van der Waals surface area contributed by atoms with Crippen molar-refractivity contribution in [3.63, 3.8) is 0 Å². The zero-order valence-corrected chi connectivity index (χ0v) is 18.6. The Labute approximate surface area is 185 Å². The molecule has 1 saturated heterocycles. The highest BCUT2D eigenvalue weighted by Crippen LogP contribution is 2.37. The van der Waals surface area contributed by atoms with Gasteiger partial charge >= 0.3 is 6.09 Å². The molecule has 1 fully saturated rings. The number of nitrogens with zero attached hydrogens (tertiary/aromatic N) is 2. The number of carbonyl (C=O) groups excluding carboxylic acids is 1. The molecule has 2 heterocycles. The number of aliphatic hydroxyl groups excluding tert-OH is 1. The molecule has 2 aromatic carbocycles. The highest BCUT2D eigenvalue weighted by atomic mass is 35.5. The number of likely N-dealkylation sites (tertiary alicyclic amines) is 1. The normalized spacial score (nSPS) is 22.6. The number of hydrogen-bond donors (Lipinski definition) is 2. The van der Waals surface area contributed by atoms with E-state index in [9.17, 15) is 9.90 Å². The fourth-order valence-electron chi connectivity index (χ4n) is 4.12. The molecule has 3 aromatic rings.